The molecule has 0 saturated carbocycles. The van der Waals surface area contributed by atoms with Crippen molar-refractivity contribution in [2.75, 3.05) is 13.7 Å². The molecule has 0 spiro atoms. The first kappa shape index (κ1) is 18.7. The highest BCUT2D eigenvalue weighted by atomic mass is 16.5. The summed E-state index contributed by atoms with van der Waals surface area (Å²) in [6.07, 6.45) is 12.2. The summed E-state index contributed by atoms with van der Waals surface area (Å²) in [7, 11) is 1.45. The summed E-state index contributed by atoms with van der Waals surface area (Å²) in [5.41, 5.74) is 6.32. The van der Waals surface area contributed by atoms with Gasteiger partial charge >= 0.3 is 5.97 Å². The lowest BCUT2D eigenvalue weighted by atomic mass is 9.95. The fraction of sp³-hybridized carbons (Fsp3) is 0.571. The van der Waals surface area contributed by atoms with E-state index in [1.165, 1.54) is 29.4 Å². The average Bonchev–Trinajstić information content (AvgIpc) is 2.90. The van der Waals surface area contributed by atoms with Crippen LogP contribution in [0.4, 0.5) is 0 Å². The summed E-state index contributed by atoms with van der Waals surface area (Å²) in [5.74, 6) is -0.199. The fourth-order valence-corrected chi connectivity index (χ4v) is 3.30. The third-order valence-corrected chi connectivity index (χ3v) is 4.88. The second-order valence-electron chi connectivity index (χ2n) is 6.90. The van der Waals surface area contributed by atoms with Gasteiger partial charge in [-0.25, -0.2) is 4.79 Å². The van der Waals surface area contributed by atoms with Crippen molar-refractivity contribution in [3.05, 3.63) is 46.1 Å². The number of ether oxygens (including phenoxy) is 2. The minimum atomic E-state index is -0.199. The Balaban J connectivity index is 2.21. The topological polar surface area (TPSA) is 35.5 Å². The van der Waals surface area contributed by atoms with Crippen molar-refractivity contribution in [3.8, 4) is 0 Å². The van der Waals surface area contributed by atoms with Gasteiger partial charge in [-0.3, -0.25) is 0 Å². The Bertz CT molecular complexity index is 590. The molecule has 3 nitrogen and oxygen atoms in total. The van der Waals surface area contributed by atoms with E-state index in [1.54, 1.807) is 0 Å². The van der Waals surface area contributed by atoms with Crippen LogP contribution in [0, 0.1) is 0 Å². The van der Waals surface area contributed by atoms with Crippen molar-refractivity contribution in [1.82, 2.24) is 0 Å². The van der Waals surface area contributed by atoms with E-state index in [0.717, 1.165) is 50.7 Å². The molecule has 1 heterocycles. The average molecular weight is 330 g/mol. The van der Waals surface area contributed by atoms with Gasteiger partial charge in [-0.15, -0.1) is 0 Å². The molecular weight excluding hydrogens is 300 g/mol. The third kappa shape index (κ3) is 5.20. The Labute approximate surface area is 146 Å². The number of allylic oxidation sites excluding steroid dienone is 4. The quantitative estimate of drug-likeness (QED) is 0.498. The van der Waals surface area contributed by atoms with Crippen molar-refractivity contribution in [3.63, 3.8) is 0 Å². The molecule has 1 unspecified atom stereocenters. The van der Waals surface area contributed by atoms with Gasteiger partial charge in [-0.05, 0) is 70.4 Å². The number of carbonyl (C=O) groups is 1. The Morgan fingerprint density at radius 3 is 2.54 bits per heavy atom. The monoisotopic (exact) mass is 330 g/mol. The number of hydrogen-bond acceptors (Lipinski definition) is 3. The summed E-state index contributed by atoms with van der Waals surface area (Å²) in [5, 5.41) is 0. The van der Waals surface area contributed by atoms with Crippen LogP contribution in [-0.2, 0) is 14.3 Å². The van der Waals surface area contributed by atoms with Crippen LogP contribution in [0.3, 0.4) is 0 Å². The molecule has 2 rings (SSSR count). The highest BCUT2D eigenvalue weighted by molar-refractivity contribution is 5.88. The van der Waals surface area contributed by atoms with E-state index in [2.05, 4.69) is 32.9 Å². The van der Waals surface area contributed by atoms with Crippen molar-refractivity contribution in [2.45, 2.75) is 65.4 Å². The first-order valence-electron chi connectivity index (χ1n) is 8.91. The molecule has 1 aliphatic carbocycles. The molecule has 132 valence electrons. The van der Waals surface area contributed by atoms with Gasteiger partial charge in [-0.1, -0.05) is 29.4 Å². The van der Waals surface area contributed by atoms with Gasteiger partial charge in [0.2, 0.25) is 0 Å². The van der Waals surface area contributed by atoms with E-state index in [0.29, 0.717) is 0 Å². The predicted molar refractivity (Wildman–Crippen MR) is 97.8 cm³/mol. The van der Waals surface area contributed by atoms with Gasteiger partial charge in [0, 0.05) is 5.57 Å². The van der Waals surface area contributed by atoms with E-state index >= 15 is 0 Å². The standard InChI is InChI=1S/C21H30O3/c1-15-7-5-9-18(21(22)23-4)10-6-8-16(2)13-20-19(12-11-15)17(3)14-24-20/h7,10,13,20H,5-6,8-9,11-12,14H2,1-4H3/b15-7+,16-13+,18-10-. The lowest BCUT2D eigenvalue weighted by molar-refractivity contribution is -0.136. The molecule has 0 N–H and O–H groups in total. The minimum Gasteiger partial charge on any atom is -0.466 e. The second kappa shape index (κ2) is 9.03. The molecule has 0 bridgehead atoms. The van der Waals surface area contributed by atoms with Crippen LogP contribution in [-0.4, -0.2) is 25.8 Å². The normalized spacial score (nSPS) is 30.2. The molecule has 0 saturated heterocycles. The van der Waals surface area contributed by atoms with E-state index in [9.17, 15) is 4.79 Å². The summed E-state index contributed by atoms with van der Waals surface area (Å²) >= 11 is 0. The molecule has 0 aromatic rings. The SMILES string of the molecule is COC(=O)/C1=C\CC/C(C)=C/C2OCC(C)=C2CC/C(C)=C/CC1. The molecule has 1 aliphatic heterocycles. The van der Waals surface area contributed by atoms with Gasteiger partial charge < -0.3 is 9.47 Å². The molecule has 2 aliphatic rings. The molecule has 0 fully saturated rings. The summed E-state index contributed by atoms with van der Waals surface area (Å²) < 4.78 is 10.9. The predicted octanol–water partition coefficient (Wildman–Crippen LogP) is 5.05. The van der Waals surface area contributed by atoms with Crippen LogP contribution in [0.15, 0.2) is 46.1 Å². The minimum absolute atomic E-state index is 0.129. The molecule has 0 aromatic heterocycles. The zero-order valence-electron chi connectivity index (χ0n) is 15.5. The first-order valence-corrected chi connectivity index (χ1v) is 8.91. The van der Waals surface area contributed by atoms with E-state index < -0.39 is 0 Å². The number of carbonyl (C=O) groups excluding carboxylic acids is 1. The molecule has 1 atom stereocenters. The number of methoxy groups -OCH3 is 1. The van der Waals surface area contributed by atoms with Crippen LogP contribution in [0.1, 0.15) is 59.3 Å². The van der Waals surface area contributed by atoms with Crippen LogP contribution in [0.2, 0.25) is 0 Å². The molecule has 0 radical (unpaired) electrons. The van der Waals surface area contributed by atoms with Gasteiger partial charge in [-0.2, -0.15) is 0 Å². The first-order chi connectivity index (χ1) is 11.5. The zero-order valence-corrected chi connectivity index (χ0v) is 15.5. The Hall–Kier alpha value is -1.61. The van der Waals surface area contributed by atoms with Crippen molar-refractivity contribution in [2.24, 2.45) is 0 Å². The van der Waals surface area contributed by atoms with E-state index in [-0.39, 0.29) is 12.1 Å². The molecular formula is C21H30O3. The second-order valence-corrected chi connectivity index (χ2v) is 6.90. The van der Waals surface area contributed by atoms with E-state index in [1.807, 2.05) is 6.08 Å². The highest BCUT2D eigenvalue weighted by Gasteiger charge is 2.22. The zero-order chi connectivity index (χ0) is 17.5. The molecule has 3 heteroatoms. The number of fused-ring (bicyclic) bond motifs is 1. The largest absolute Gasteiger partial charge is 0.466 e. The van der Waals surface area contributed by atoms with Crippen LogP contribution in [0.25, 0.3) is 0 Å². The van der Waals surface area contributed by atoms with Crippen LogP contribution >= 0.6 is 0 Å². The van der Waals surface area contributed by atoms with Crippen molar-refractivity contribution in [1.29, 1.82) is 0 Å². The van der Waals surface area contributed by atoms with Crippen LogP contribution < -0.4 is 0 Å². The third-order valence-electron chi connectivity index (χ3n) is 4.88. The van der Waals surface area contributed by atoms with Gasteiger partial charge in [0.15, 0.2) is 0 Å². The number of rotatable bonds is 1. The maximum atomic E-state index is 11.9. The number of esters is 1. The summed E-state index contributed by atoms with van der Waals surface area (Å²) in [4.78, 5) is 11.9. The Kier molecular flexibility index (Phi) is 7.04. The lowest BCUT2D eigenvalue weighted by Crippen LogP contribution is -2.08. The lowest BCUT2D eigenvalue weighted by Gasteiger charge is -2.14. The smallest absolute Gasteiger partial charge is 0.333 e. The van der Waals surface area contributed by atoms with Crippen molar-refractivity contribution < 1.29 is 14.3 Å². The van der Waals surface area contributed by atoms with Crippen LogP contribution in [0.5, 0.6) is 0 Å². The maximum absolute atomic E-state index is 11.9. The van der Waals surface area contributed by atoms with E-state index in [4.69, 9.17) is 9.47 Å². The number of hydrogen-bond donors (Lipinski definition) is 0. The summed E-state index contributed by atoms with van der Waals surface area (Å²) in [6.45, 7) is 7.26. The molecule has 0 aromatic carbocycles. The van der Waals surface area contributed by atoms with Gasteiger partial charge in [0.1, 0.15) is 0 Å². The van der Waals surface area contributed by atoms with Gasteiger partial charge in [0.25, 0.3) is 0 Å². The molecule has 24 heavy (non-hydrogen) atoms. The highest BCUT2D eigenvalue weighted by Crippen LogP contribution is 2.29. The summed E-state index contributed by atoms with van der Waals surface area (Å²) in [6, 6.07) is 0. The fourth-order valence-electron chi connectivity index (χ4n) is 3.30. The van der Waals surface area contributed by atoms with Gasteiger partial charge in [0.05, 0.1) is 19.8 Å². The molecule has 0 amide bonds. The Morgan fingerprint density at radius 1 is 1.04 bits per heavy atom. The maximum Gasteiger partial charge on any atom is 0.333 e. The Morgan fingerprint density at radius 2 is 1.79 bits per heavy atom. The van der Waals surface area contributed by atoms with Crippen molar-refractivity contribution >= 4 is 5.97 Å².